The fourth-order valence-electron chi connectivity index (χ4n) is 3.86. The van der Waals surface area contributed by atoms with Gasteiger partial charge in [0.1, 0.15) is 12.4 Å². The predicted octanol–water partition coefficient (Wildman–Crippen LogP) is 2.30. The van der Waals surface area contributed by atoms with E-state index < -0.39 is 0 Å². The first-order chi connectivity index (χ1) is 11.1. The molecule has 1 unspecified atom stereocenters. The molecule has 3 atom stereocenters. The number of carbonyl (C=O) groups excluding carboxylic acids is 1. The fourth-order valence-corrected chi connectivity index (χ4v) is 3.86. The molecule has 3 aliphatic rings. The van der Waals surface area contributed by atoms with Crippen molar-refractivity contribution >= 4 is 5.91 Å². The molecule has 2 saturated carbocycles. The molecule has 0 radical (unpaired) electrons. The summed E-state index contributed by atoms with van der Waals surface area (Å²) in [6.45, 7) is 6.58. The smallest absolute Gasteiger partial charge is 0.224 e. The molecule has 23 heavy (non-hydrogen) atoms. The van der Waals surface area contributed by atoms with E-state index in [0.717, 1.165) is 18.8 Å². The van der Waals surface area contributed by atoms with Crippen molar-refractivity contribution in [3.63, 3.8) is 0 Å². The van der Waals surface area contributed by atoms with Gasteiger partial charge in [-0.15, -0.1) is 0 Å². The van der Waals surface area contributed by atoms with Gasteiger partial charge in [0.25, 0.3) is 0 Å². The number of ether oxygens (including phenoxy) is 1. The first-order valence-corrected chi connectivity index (χ1v) is 8.80. The van der Waals surface area contributed by atoms with Crippen LogP contribution in [0.15, 0.2) is 24.3 Å². The average molecular weight is 314 g/mol. The molecular weight excluding hydrogens is 288 g/mol. The maximum Gasteiger partial charge on any atom is 0.224 e. The maximum absolute atomic E-state index is 12.4. The average Bonchev–Trinajstić information content (AvgIpc) is 3.43. The van der Waals surface area contributed by atoms with E-state index in [2.05, 4.69) is 22.8 Å². The molecule has 1 aromatic rings. The zero-order chi connectivity index (χ0) is 16.0. The van der Waals surface area contributed by atoms with Crippen LogP contribution < -0.4 is 15.4 Å². The van der Waals surface area contributed by atoms with Gasteiger partial charge in [0, 0.05) is 5.92 Å². The summed E-state index contributed by atoms with van der Waals surface area (Å²) in [5.74, 6) is 3.18. The molecule has 3 fully saturated rings. The summed E-state index contributed by atoms with van der Waals surface area (Å²) < 4.78 is 6.07. The molecule has 0 bridgehead atoms. The Morgan fingerprint density at radius 3 is 2.65 bits per heavy atom. The third-order valence-corrected chi connectivity index (χ3v) is 5.38. The lowest BCUT2D eigenvalue weighted by atomic mass is 10.1. The van der Waals surface area contributed by atoms with Crippen LogP contribution in [-0.2, 0) is 4.79 Å². The summed E-state index contributed by atoms with van der Waals surface area (Å²) in [6, 6.07) is 8.30. The Bertz CT molecular complexity index is 599. The summed E-state index contributed by atoms with van der Waals surface area (Å²) in [5.41, 5.74) is 0.968. The Kier molecular flexibility index (Phi) is 3.60. The van der Waals surface area contributed by atoms with Gasteiger partial charge in [-0.05, 0) is 69.2 Å². The van der Waals surface area contributed by atoms with Crippen molar-refractivity contribution in [2.24, 2.45) is 17.8 Å². The molecule has 1 aromatic carbocycles. The highest BCUT2D eigenvalue weighted by Gasteiger charge is 2.57. The molecular formula is C19H26N2O2. The van der Waals surface area contributed by atoms with Gasteiger partial charge < -0.3 is 15.4 Å². The Morgan fingerprint density at radius 1 is 1.26 bits per heavy atom. The molecule has 1 aliphatic heterocycles. The SMILES string of the molecule is CC(C)(COc1ccccc1C1CC1)NC(=O)[C@H]1C2CNC[C@@H]21. The minimum Gasteiger partial charge on any atom is -0.491 e. The van der Waals surface area contributed by atoms with Gasteiger partial charge in [-0.1, -0.05) is 18.2 Å². The number of benzene rings is 1. The van der Waals surface area contributed by atoms with E-state index in [4.69, 9.17) is 4.74 Å². The van der Waals surface area contributed by atoms with Crippen LogP contribution in [0.5, 0.6) is 5.75 Å². The van der Waals surface area contributed by atoms with Crippen molar-refractivity contribution in [1.82, 2.24) is 10.6 Å². The summed E-state index contributed by atoms with van der Waals surface area (Å²) in [4.78, 5) is 12.4. The molecule has 4 rings (SSSR count). The van der Waals surface area contributed by atoms with Crippen molar-refractivity contribution in [2.75, 3.05) is 19.7 Å². The Hall–Kier alpha value is -1.55. The van der Waals surface area contributed by atoms with Crippen molar-refractivity contribution in [3.05, 3.63) is 29.8 Å². The number of hydrogen-bond donors (Lipinski definition) is 2. The van der Waals surface area contributed by atoms with Crippen LogP contribution in [0, 0.1) is 17.8 Å². The standard InChI is InChI=1S/C19H26N2O2/c1-19(2,21-18(22)17-14-9-20-10-15(14)17)11-23-16-6-4-3-5-13(16)12-7-8-12/h3-6,12,14-15,17,20H,7-11H2,1-2H3,(H,21,22)/t14-,15?,17+/m0/s1. The molecule has 1 heterocycles. The van der Waals surface area contributed by atoms with E-state index in [1.54, 1.807) is 0 Å². The summed E-state index contributed by atoms with van der Waals surface area (Å²) in [7, 11) is 0. The lowest BCUT2D eigenvalue weighted by Gasteiger charge is -2.27. The Morgan fingerprint density at radius 2 is 1.96 bits per heavy atom. The number of piperidine rings is 1. The van der Waals surface area contributed by atoms with E-state index in [-0.39, 0.29) is 17.4 Å². The monoisotopic (exact) mass is 314 g/mol. The number of nitrogens with one attached hydrogen (secondary N) is 2. The van der Waals surface area contributed by atoms with Crippen LogP contribution >= 0.6 is 0 Å². The third kappa shape index (κ3) is 3.09. The minimum atomic E-state index is -0.349. The van der Waals surface area contributed by atoms with Crippen LogP contribution in [0.4, 0.5) is 0 Å². The zero-order valence-corrected chi connectivity index (χ0v) is 14.0. The van der Waals surface area contributed by atoms with Gasteiger partial charge in [-0.2, -0.15) is 0 Å². The Balaban J connectivity index is 1.33. The topological polar surface area (TPSA) is 50.4 Å². The molecule has 4 heteroatoms. The van der Waals surface area contributed by atoms with Crippen molar-refractivity contribution in [1.29, 1.82) is 0 Å². The van der Waals surface area contributed by atoms with Gasteiger partial charge >= 0.3 is 0 Å². The van der Waals surface area contributed by atoms with E-state index in [0.29, 0.717) is 24.4 Å². The molecule has 4 nitrogen and oxygen atoms in total. The molecule has 0 aromatic heterocycles. The van der Waals surface area contributed by atoms with Crippen molar-refractivity contribution in [3.8, 4) is 5.75 Å². The van der Waals surface area contributed by atoms with Crippen LogP contribution in [0.1, 0.15) is 38.2 Å². The summed E-state index contributed by atoms with van der Waals surface area (Å²) >= 11 is 0. The number of para-hydroxylation sites is 1. The Labute approximate surface area is 138 Å². The molecule has 1 saturated heterocycles. The largest absolute Gasteiger partial charge is 0.491 e. The van der Waals surface area contributed by atoms with Gasteiger partial charge in [0.15, 0.2) is 0 Å². The quantitative estimate of drug-likeness (QED) is 0.847. The first kappa shape index (κ1) is 15.0. The number of hydrogen-bond acceptors (Lipinski definition) is 3. The second-order valence-electron chi connectivity index (χ2n) is 7.99. The van der Waals surface area contributed by atoms with Crippen molar-refractivity contribution < 1.29 is 9.53 Å². The first-order valence-electron chi connectivity index (χ1n) is 8.80. The minimum absolute atomic E-state index is 0.200. The van der Waals surface area contributed by atoms with Gasteiger partial charge in [0.2, 0.25) is 5.91 Å². The van der Waals surface area contributed by atoms with E-state index in [1.165, 1.54) is 18.4 Å². The van der Waals surface area contributed by atoms with Crippen LogP contribution in [0.25, 0.3) is 0 Å². The van der Waals surface area contributed by atoms with Crippen molar-refractivity contribution in [2.45, 2.75) is 38.1 Å². The highest BCUT2D eigenvalue weighted by atomic mass is 16.5. The van der Waals surface area contributed by atoms with Gasteiger partial charge in [0.05, 0.1) is 5.54 Å². The molecule has 1 amide bonds. The van der Waals surface area contributed by atoms with E-state index >= 15 is 0 Å². The second kappa shape index (κ2) is 5.52. The fraction of sp³-hybridized carbons (Fsp3) is 0.632. The summed E-state index contributed by atoms with van der Waals surface area (Å²) in [5, 5.41) is 6.52. The number of rotatable bonds is 6. The predicted molar refractivity (Wildman–Crippen MR) is 89.5 cm³/mol. The zero-order valence-electron chi connectivity index (χ0n) is 14.0. The number of carbonyl (C=O) groups is 1. The maximum atomic E-state index is 12.4. The van der Waals surface area contributed by atoms with E-state index in [9.17, 15) is 4.79 Å². The molecule has 0 spiro atoms. The number of fused-ring (bicyclic) bond motifs is 1. The molecule has 124 valence electrons. The van der Waals surface area contributed by atoms with Gasteiger partial charge in [-0.3, -0.25) is 4.79 Å². The second-order valence-corrected chi connectivity index (χ2v) is 7.99. The van der Waals surface area contributed by atoms with Crippen LogP contribution in [0.3, 0.4) is 0 Å². The highest BCUT2D eigenvalue weighted by molar-refractivity contribution is 5.83. The highest BCUT2D eigenvalue weighted by Crippen LogP contribution is 2.49. The molecule has 2 N–H and O–H groups in total. The summed E-state index contributed by atoms with van der Waals surface area (Å²) in [6.07, 6.45) is 2.53. The molecule has 2 aliphatic carbocycles. The normalized spacial score (nSPS) is 29.0. The van der Waals surface area contributed by atoms with Crippen LogP contribution in [-0.4, -0.2) is 31.1 Å². The number of amides is 1. The van der Waals surface area contributed by atoms with Gasteiger partial charge in [-0.25, -0.2) is 0 Å². The van der Waals surface area contributed by atoms with Crippen LogP contribution in [0.2, 0.25) is 0 Å². The van der Waals surface area contributed by atoms with E-state index in [1.807, 2.05) is 26.0 Å². The third-order valence-electron chi connectivity index (χ3n) is 5.38. The lowest BCUT2D eigenvalue weighted by molar-refractivity contribution is -0.125. The lowest BCUT2D eigenvalue weighted by Crippen LogP contribution is -2.49.